The Balaban J connectivity index is 2.14. The SMILES string of the molecule is CC(C)C[C@H](NC(=O)CN(CCCCCCc1ccccc1)C(=O)CCOCCOCCCC(=O)[C@@H](N)CS)C(=O)C[C@@H](Cc1cnc[nH]1)C(=O)N[C@@H](CO)C(=O)C[C@H](C(N)=O)[C@@H](C)OP(=O)(O)O. The lowest BCUT2D eigenvalue weighted by Crippen LogP contribution is -2.50. The van der Waals surface area contributed by atoms with E-state index in [2.05, 4.69) is 49.9 Å². The quantitative estimate of drug-likeness (QED) is 0.0262. The second kappa shape index (κ2) is 33.2. The molecule has 2 aromatic rings. The van der Waals surface area contributed by atoms with E-state index in [0.29, 0.717) is 25.1 Å². The van der Waals surface area contributed by atoms with Gasteiger partial charge in [-0.1, -0.05) is 57.0 Å². The molecule has 0 fully saturated rings. The minimum Gasteiger partial charge on any atom is -0.394 e. The maximum atomic E-state index is 14.1. The van der Waals surface area contributed by atoms with Crippen LogP contribution in [0.2, 0.25) is 0 Å². The molecule has 0 radical (unpaired) electrons. The fourth-order valence-electron chi connectivity index (χ4n) is 7.32. The number of hydrogen-bond acceptors (Lipinski definition) is 15. The number of benzene rings is 1. The number of Topliss-reactive ketones (excluding diaryl/α,β-unsaturated/α-hetero) is 3. The van der Waals surface area contributed by atoms with Crippen molar-refractivity contribution in [2.45, 2.75) is 122 Å². The molecule has 0 spiro atoms. The largest absolute Gasteiger partial charge is 0.469 e. The number of nitrogens with two attached hydrogens (primary N) is 2. The molecule has 2 rings (SSSR count). The number of phosphoric acid groups is 1. The maximum Gasteiger partial charge on any atom is 0.469 e. The fourth-order valence-corrected chi connectivity index (χ4v) is 8.11. The molecule has 0 aliphatic rings. The van der Waals surface area contributed by atoms with Crippen molar-refractivity contribution >= 4 is 61.4 Å². The number of ether oxygens (including phenoxy) is 2. The van der Waals surface area contributed by atoms with Crippen molar-refractivity contribution in [1.29, 1.82) is 0 Å². The zero-order chi connectivity index (χ0) is 51.4. The van der Waals surface area contributed by atoms with Crippen molar-refractivity contribution < 1.29 is 67.0 Å². The summed E-state index contributed by atoms with van der Waals surface area (Å²) < 4.78 is 27.1. The molecule has 4 amide bonds. The standard InChI is InChI=1S/C46H74N7O14PS/c1-31(2)22-38(41(56)24-34(23-35-26-49-30-50-35)46(61)52-39(28-54)42(57)25-36(45(48)60)32(3)67-68(62,63)64)51-43(58)27-53(17-10-5-4-7-12-33-13-8-6-9-14-33)44(59)16-19-66-21-20-65-18-11-15-40(55)37(47)29-69/h6,8-9,13-14,26,30-32,34,36-39,54,69H,4-5,7,10-12,15-25,27-29,47H2,1-3H3,(H2,48,60)(H,49,50)(H,51,58)(H,52,61)(H2,62,63,64)/t32-,34-,36+,37+,38+,39+/m1/s1. The number of rotatable bonds is 39. The second-order valence-corrected chi connectivity index (χ2v) is 19.0. The minimum atomic E-state index is -5.08. The van der Waals surface area contributed by atoms with E-state index in [4.69, 9.17) is 20.9 Å². The van der Waals surface area contributed by atoms with Gasteiger partial charge in [-0.2, -0.15) is 12.6 Å². The summed E-state index contributed by atoms with van der Waals surface area (Å²) >= 11 is 4.04. The number of carbonyl (C=O) groups excluding carboxylic acids is 7. The zero-order valence-corrected chi connectivity index (χ0v) is 41.8. The normalized spacial score (nSPS) is 14.3. The van der Waals surface area contributed by atoms with Crippen LogP contribution in [0.1, 0.15) is 96.2 Å². The van der Waals surface area contributed by atoms with E-state index in [9.17, 15) is 53.0 Å². The van der Waals surface area contributed by atoms with Crippen LogP contribution in [-0.4, -0.2) is 147 Å². The Morgan fingerprint density at radius 1 is 0.855 bits per heavy atom. The van der Waals surface area contributed by atoms with E-state index in [1.807, 2.05) is 32.0 Å². The van der Waals surface area contributed by atoms with Crippen LogP contribution in [-0.2, 0) is 65.0 Å². The van der Waals surface area contributed by atoms with Crippen LogP contribution in [0.4, 0.5) is 0 Å². The zero-order valence-electron chi connectivity index (χ0n) is 40.0. The van der Waals surface area contributed by atoms with Crippen molar-refractivity contribution in [3.05, 3.63) is 54.1 Å². The van der Waals surface area contributed by atoms with Gasteiger partial charge in [0, 0.05) is 56.5 Å². The van der Waals surface area contributed by atoms with Crippen molar-refractivity contribution in [1.82, 2.24) is 25.5 Å². The molecule has 6 atom stereocenters. The van der Waals surface area contributed by atoms with Crippen LogP contribution in [0.15, 0.2) is 42.9 Å². The van der Waals surface area contributed by atoms with Crippen molar-refractivity contribution in [3.63, 3.8) is 0 Å². The van der Waals surface area contributed by atoms with Gasteiger partial charge >= 0.3 is 7.82 Å². The number of carbonyl (C=O) groups is 7. The third kappa shape index (κ3) is 25.9. The second-order valence-electron chi connectivity index (χ2n) is 17.4. The first kappa shape index (κ1) is 60.7. The summed E-state index contributed by atoms with van der Waals surface area (Å²) in [6.45, 7) is 4.72. The van der Waals surface area contributed by atoms with Gasteiger partial charge in [-0.3, -0.25) is 38.1 Å². The number of ketones is 3. The average molecular weight is 1010 g/mol. The van der Waals surface area contributed by atoms with E-state index in [-0.39, 0.29) is 82.0 Å². The van der Waals surface area contributed by atoms with Crippen LogP contribution in [0.5, 0.6) is 0 Å². The first-order valence-electron chi connectivity index (χ1n) is 23.4. The summed E-state index contributed by atoms with van der Waals surface area (Å²) in [7, 11) is -5.08. The molecule has 21 nitrogen and oxygen atoms in total. The summed E-state index contributed by atoms with van der Waals surface area (Å²) in [4.78, 5) is 119. The van der Waals surface area contributed by atoms with Gasteiger partial charge in [-0.15, -0.1) is 0 Å². The third-order valence-electron chi connectivity index (χ3n) is 11.1. The number of hydrogen-bond donors (Lipinski definition) is 9. The van der Waals surface area contributed by atoms with Gasteiger partial charge in [-0.05, 0) is 50.5 Å². The highest BCUT2D eigenvalue weighted by atomic mass is 32.1. The van der Waals surface area contributed by atoms with E-state index in [1.165, 1.54) is 23.0 Å². The lowest BCUT2D eigenvalue weighted by Gasteiger charge is -2.26. The van der Waals surface area contributed by atoms with Gasteiger partial charge < -0.3 is 56.4 Å². The highest BCUT2D eigenvalue weighted by Gasteiger charge is 2.36. The first-order valence-corrected chi connectivity index (χ1v) is 25.5. The van der Waals surface area contributed by atoms with Gasteiger partial charge in [0.2, 0.25) is 23.6 Å². The highest BCUT2D eigenvalue weighted by Crippen LogP contribution is 2.39. The lowest BCUT2D eigenvalue weighted by atomic mass is 9.89. The van der Waals surface area contributed by atoms with Crippen molar-refractivity contribution in [3.8, 4) is 0 Å². The highest BCUT2D eigenvalue weighted by molar-refractivity contribution is 7.80. The molecule has 388 valence electrons. The van der Waals surface area contributed by atoms with E-state index in [0.717, 1.165) is 32.6 Å². The summed E-state index contributed by atoms with van der Waals surface area (Å²) in [5.74, 6) is -6.86. The molecule has 1 aromatic carbocycles. The number of aliphatic hydroxyl groups is 1. The number of imidazole rings is 1. The molecule has 0 aliphatic carbocycles. The van der Waals surface area contributed by atoms with E-state index in [1.54, 1.807) is 0 Å². The summed E-state index contributed by atoms with van der Waals surface area (Å²) in [6.07, 6.45) is 5.25. The smallest absolute Gasteiger partial charge is 0.394 e. The van der Waals surface area contributed by atoms with Crippen LogP contribution < -0.4 is 22.1 Å². The van der Waals surface area contributed by atoms with E-state index >= 15 is 0 Å². The Morgan fingerprint density at radius 3 is 2.13 bits per heavy atom. The van der Waals surface area contributed by atoms with Crippen LogP contribution in [0.3, 0.4) is 0 Å². The van der Waals surface area contributed by atoms with Gasteiger partial charge in [0.1, 0.15) is 11.8 Å². The Morgan fingerprint density at radius 2 is 1.52 bits per heavy atom. The van der Waals surface area contributed by atoms with Crippen LogP contribution in [0.25, 0.3) is 0 Å². The number of aryl methyl sites for hydroxylation is 1. The molecule has 0 saturated carbocycles. The molecule has 0 bridgehead atoms. The number of aromatic nitrogens is 2. The molecule has 0 unspecified atom stereocenters. The molecule has 0 aliphatic heterocycles. The number of thiol groups is 1. The van der Waals surface area contributed by atoms with E-state index < -0.39 is 92.6 Å². The number of primary amides is 1. The van der Waals surface area contributed by atoms with Crippen LogP contribution in [0, 0.1) is 17.8 Å². The fraction of sp³-hybridized carbons (Fsp3) is 0.652. The predicted octanol–water partition coefficient (Wildman–Crippen LogP) is 1.76. The number of aromatic amines is 1. The Labute approximate surface area is 410 Å². The first-order chi connectivity index (χ1) is 32.7. The van der Waals surface area contributed by atoms with Crippen LogP contribution >= 0.6 is 20.5 Å². The van der Waals surface area contributed by atoms with Gasteiger partial charge in [0.05, 0.1) is 75.7 Å². The van der Waals surface area contributed by atoms with Gasteiger partial charge in [-0.25, -0.2) is 9.55 Å². The Hall–Kier alpha value is -4.38. The lowest BCUT2D eigenvalue weighted by molar-refractivity contribution is -0.138. The minimum absolute atomic E-state index is 0.0170. The number of H-pyrrole nitrogens is 1. The summed E-state index contributed by atoms with van der Waals surface area (Å²) in [5, 5.41) is 15.3. The Kier molecular flexibility index (Phi) is 29.3. The Bertz CT molecular complexity index is 1920. The molecular formula is C46H74N7O14PS. The molecule has 1 heterocycles. The molecule has 69 heavy (non-hydrogen) atoms. The third-order valence-corrected chi connectivity index (χ3v) is 12.1. The molecule has 10 N–H and O–H groups in total. The topological polar surface area (TPSA) is 333 Å². The number of amides is 4. The number of phosphoric ester groups is 1. The monoisotopic (exact) mass is 1010 g/mol. The summed E-state index contributed by atoms with van der Waals surface area (Å²) in [6, 6.07) is 6.83. The van der Waals surface area contributed by atoms with Gasteiger partial charge in [0.15, 0.2) is 11.6 Å². The number of aliphatic hydroxyl groups excluding tert-OH is 1. The molecule has 23 heteroatoms. The molecule has 1 aromatic heterocycles. The van der Waals surface area contributed by atoms with Gasteiger partial charge in [0.25, 0.3) is 0 Å². The molecular weight excluding hydrogens is 938 g/mol. The average Bonchev–Trinajstić information content (AvgIpc) is 3.81. The molecule has 0 saturated heterocycles. The van der Waals surface area contributed by atoms with Crippen molar-refractivity contribution in [2.75, 3.05) is 51.9 Å². The summed E-state index contributed by atoms with van der Waals surface area (Å²) in [5.41, 5.74) is 12.8. The predicted molar refractivity (Wildman–Crippen MR) is 258 cm³/mol. The number of nitrogens with one attached hydrogen (secondary N) is 3. The maximum absolute atomic E-state index is 14.1. The van der Waals surface area contributed by atoms with Crippen molar-refractivity contribution in [2.24, 2.45) is 29.2 Å². The number of unbranched alkanes of at least 4 members (excludes halogenated alkanes) is 3. The number of nitrogens with zero attached hydrogens (tertiary/aromatic N) is 2.